The minimum absolute atomic E-state index is 0.315. The predicted molar refractivity (Wildman–Crippen MR) is 99.6 cm³/mol. The third-order valence-electron chi connectivity index (χ3n) is 3.24. The molecule has 0 aliphatic heterocycles. The van der Waals surface area contributed by atoms with Crippen molar-refractivity contribution in [1.29, 1.82) is 0 Å². The molecule has 0 aliphatic carbocycles. The molecule has 0 saturated heterocycles. The Hall–Kier alpha value is 0.490. The van der Waals surface area contributed by atoms with E-state index in [1.165, 1.54) is 0 Å². The van der Waals surface area contributed by atoms with Gasteiger partial charge in [-0.15, -0.1) is 0 Å². The Balaban J connectivity index is 3.22. The van der Waals surface area contributed by atoms with E-state index in [1.54, 1.807) is 0 Å². The molecule has 0 amide bonds. The molecule has 0 atom stereocenters. The van der Waals surface area contributed by atoms with Crippen molar-refractivity contribution in [2.75, 3.05) is 0 Å². The second kappa shape index (κ2) is 5.12. The van der Waals surface area contributed by atoms with Gasteiger partial charge in [-0.05, 0) is 99.5 Å². The molecule has 0 heterocycles. The third kappa shape index (κ3) is 2.00. The first-order valence-electron chi connectivity index (χ1n) is 5.26. The Morgan fingerprint density at radius 1 is 0.611 bits per heavy atom. The molecule has 0 bridgehead atoms. The summed E-state index contributed by atoms with van der Waals surface area (Å²) in [5.74, 6) is 0.635. The number of benzene rings is 2. The summed E-state index contributed by atoms with van der Waals surface area (Å²) in [6, 6.07) is 0. The van der Waals surface area contributed by atoms with E-state index in [1.807, 2.05) is 20.8 Å². The molecular weight excluding hydrogens is 569 g/mol. The van der Waals surface area contributed by atoms with Gasteiger partial charge in [0, 0.05) is 20.1 Å². The van der Waals surface area contributed by atoms with Gasteiger partial charge in [-0.2, -0.15) is 0 Å². The van der Waals surface area contributed by atoms with Crippen molar-refractivity contribution in [3.63, 3.8) is 0 Å². The summed E-state index contributed by atoms with van der Waals surface area (Å²) in [5, 5.41) is 22.4. The quantitative estimate of drug-likeness (QED) is 0.432. The molecule has 0 saturated carbocycles. The molecule has 96 valence electrons. The van der Waals surface area contributed by atoms with Gasteiger partial charge in [0.1, 0.15) is 11.5 Å². The molecule has 18 heavy (non-hydrogen) atoms. The Kier molecular flexibility index (Phi) is 4.23. The van der Waals surface area contributed by atoms with E-state index in [-0.39, 0.29) is 0 Å². The summed E-state index contributed by atoms with van der Waals surface area (Å²) in [6.07, 6.45) is 0. The van der Waals surface area contributed by atoms with Crippen molar-refractivity contribution in [1.82, 2.24) is 0 Å². The molecule has 0 aromatic heterocycles. The summed E-state index contributed by atoms with van der Waals surface area (Å²) >= 11 is 6.61. The lowest BCUT2D eigenvalue weighted by atomic mass is 9.96. The van der Waals surface area contributed by atoms with Crippen LogP contribution in [0, 0.1) is 31.5 Å². The van der Waals surface area contributed by atoms with Crippen LogP contribution in [0.15, 0.2) is 0 Å². The second-order valence-corrected chi connectivity index (χ2v) is 7.50. The maximum Gasteiger partial charge on any atom is 0.133 e. The Morgan fingerprint density at radius 3 is 1.56 bits per heavy atom. The lowest BCUT2D eigenvalue weighted by Crippen LogP contribution is -1.97. The minimum Gasteiger partial charge on any atom is -0.507 e. The molecule has 0 radical (unpaired) electrons. The average Bonchev–Trinajstić information content (AvgIpc) is 2.35. The number of aromatic hydroxyl groups is 2. The Labute approximate surface area is 147 Å². The highest BCUT2D eigenvalue weighted by molar-refractivity contribution is 14.1. The van der Waals surface area contributed by atoms with Crippen molar-refractivity contribution in [3.8, 4) is 11.5 Å². The second-order valence-electron chi connectivity index (χ2n) is 4.26. The van der Waals surface area contributed by atoms with Crippen molar-refractivity contribution in [3.05, 3.63) is 27.4 Å². The van der Waals surface area contributed by atoms with Gasteiger partial charge in [-0.3, -0.25) is 0 Å². The van der Waals surface area contributed by atoms with Gasteiger partial charge in [-0.1, -0.05) is 0 Å². The first-order valence-corrected chi connectivity index (χ1v) is 8.50. The summed E-state index contributed by atoms with van der Waals surface area (Å²) in [7, 11) is 0. The maximum atomic E-state index is 10.2. The van der Waals surface area contributed by atoms with E-state index < -0.39 is 0 Å². The molecule has 2 nitrogen and oxygen atoms in total. The number of aryl methyl sites for hydroxylation is 3. The summed E-state index contributed by atoms with van der Waals surface area (Å²) < 4.78 is 2.81. The van der Waals surface area contributed by atoms with Crippen LogP contribution in [0.1, 0.15) is 16.7 Å². The fourth-order valence-corrected chi connectivity index (χ4v) is 4.46. The van der Waals surface area contributed by atoms with E-state index >= 15 is 0 Å². The number of hydrogen-bond acceptors (Lipinski definition) is 2. The third-order valence-corrected chi connectivity index (χ3v) is 7.72. The molecule has 0 spiro atoms. The maximum absolute atomic E-state index is 10.2. The topological polar surface area (TPSA) is 40.5 Å². The van der Waals surface area contributed by atoms with Crippen LogP contribution in [0.4, 0.5) is 0 Å². The standard InChI is InChI=1S/C13H11I3O2/c1-4-8-7(5(2)12(17)9(4)14)6(3)13(18)11(16)10(8)15/h17-18H,1-3H3. The minimum atomic E-state index is 0.315. The zero-order valence-electron chi connectivity index (χ0n) is 10.0. The van der Waals surface area contributed by atoms with Gasteiger partial charge >= 0.3 is 0 Å². The van der Waals surface area contributed by atoms with E-state index in [0.29, 0.717) is 11.5 Å². The lowest BCUT2D eigenvalue weighted by Gasteiger charge is -2.17. The van der Waals surface area contributed by atoms with E-state index in [4.69, 9.17) is 0 Å². The summed E-state index contributed by atoms with van der Waals surface area (Å²) in [4.78, 5) is 0. The lowest BCUT2D eigenvalue weighted by molar-refractivity contribution is 0.465. The van der Waals surface area contributed by atoms with E-state index in [2.05, 4.69) is 67.8 Å². The van der Waals surface area contributed by atoms with Gasteiger partial charge in [0.2, 0.25) is 0 Å². The number of halogens is 3. The normalized spacial score (nSPS) is 11.2. The predicted octanol–water partition coefficient (Wildman–Crippen LogP) is 4.99. The zero-order valence-corrected chi connectivity index (χ0v) is 16.5. The molecule has 0 aliphatic rings. The highest BCUT2D eigenvalue weighted by Crippen LogP contribution is 2.43. The van der Waals surface area contributed by atoms with Crippen molar-refractivity contribution in [2.24, 2.45) is 0 Å². The SMILES string of the molecule is Cc1c(O)c(I)c(C)c2c(I)c(I)c(O)c(C)c12. The largest absolute Gasteiger partial charge is 0.507 e. The summed E-state index contributed by atoms with van der Waals surface area (Å²) in [6.45, 7) is 5.81. The van der Waals surface area contributed by atoms with Gasteiger partial charge < -0.3 is 10.2 Å². The van der Waals surface area contributed by atoms with Crippen LogP contribution in [-0.4, -0.2) is 10.2 Å². The number of phenolic OH excluding ortho intramolecular Hbond substituents is 2. The van der Waals surface area contributed by atoms with Gasteiger partial charge in [0.15, 0.2) is 0 Å². The van der Waals surface area contributed by atoms with E-state index in [0.717, 1.165) is 38.2 Å². The van der Waals surface area contributed by atoms with Crippen molar-refractivity contribution < 1.29 is 10.2 Å². The molecule has 0 unspecified atom stereocenters. The Morgan fingerprint density at radius 2 is 1.06 bits per heavy atom. The number of rotatable bonds is 0. The van der Waals surface area contributed by atoms with Crippen LogP contribution in [0.5, 0.6) is 11.5 Å². The number of phenols is 2. The zero-order chi connectivity index (χ0) is 13.8. The van der Waals surface area contributed by atoms with Crippen molar-refractivity contribution in [2.45, 2.75) is 20.8 Å². The van der Waals surface area contributed by atoms with Crippen LogP contribution in [0.2, 0.25) is 0 Å². The fourth-order valence-electron chi connectivity index (χ4n) is 2.19. The van der Waals surface area contributed by atoms with Gasteiger partial charge in [0.05, 0.1) is 7.14 Å². The van der Waals surface area contributed by atoms with Crippen LogP contribution in [-0.2, 0) is 0 Å². The smallest absolute Gasteiger partial charge is 0.133 e. The first kappa shape index (κ1) is 14.9. The van der Waals surface area contributed by atoms with Crippen LogP contribution >= 0.6 is 67.8 Å². The first-order chi connectivity index (χ1) is 8.29. The van der Waals surface area contributed by atoms with Crippen molar-refractivity contribution >= 4 is 78.5 Å². The van der Waals surface area contributed by atoms with Gasteiger partial charge in [0.25, 0.3) is 0 Å². The molecule has 0 fully saturated rings. The molecule has 2 rings (SSSR count). The Bertz CT molecular complexity index is 565. The molecular formula is C13H11I3O2. The monoisotopic (exact) mass is 580 g/mol. The number of fused-ring (bicyclic) bond motifs is 1. The van der Waals surface area contributed by atoms with Crippen LogP contribution in [0.3, 0.4) is 0 Å². The van der Waals surface area contributed by atoms with Crippen LogP contribution < -0.4 is 0 Å². The molecule has 2 aromatic carbocycles. The highest BCUT2D eigenvalue weighted by atomic mass is 127. The fraction of sp³-hybridized carbons (Fsp3) is 0.231. The highest BCUT2D eigenvalue weighted by Gasteiger charge is 2.20. The molecule has 5 heteroatoms. The molecule has 2 aromatic rings. The van der Waals surface area contributed by atoms with Gasteiger partial charge in [-0.25, -0.2) is 0 Å². The average molecular weight is 580 g/mol. The summed E-state index contributed by atoms with van der Waals surface area (Å²) in [5.41, 5.74) is 2.74. The van der Waals surface area contributed by atoms with E-state index in [9.17, 15) is 10.2 Å². The number of hydrogen-bond donors (Lipinski definition) is 2. The van der Waals surface area contributed by atoms with Crippen LogP contribution in [0.25, 0.3) is 10.8 Å². The molecule has 2 N–H and O–H groups in total.